The van der Waals surface area contributed by atoms with Crippen molar-refractivity contribution in [1.29, 1.82) is 0 Å². The fraction of sp³-hybridized carbons (Fsp3) is 0.833. The monoisotopic (exact) mass is 238 g/mol. The molecule has 0 radical (unpaired) electrons. The van der Waals surface area contributed by atoms with Crippen LogP contribution >= 0.6 is 0 Å². The fourth-order valence-corrected chi connectivity index (χ4v) is 2.21. The van der Waals surface area contributed by atoms with Crippen LogP contribution in [-0.2, 0) is 6.54 Å². The van der Waals surface area contributed by atoms with Gasteiger partial charge in [0.1, 0.15) is 0 Å². The molecule has 17 heavy (non-hydrogen) atoms. The Hall–Kier alpha value is -1.10. The van der Waals surface area contributed by atoms with E-state index in [1.165, 1.54) is 19.3 Å². The van der Waals surface area contributed by atoms with E-state index in [-0.39, 0.29) is 0 Å². The van der Waals surface area contributed by atoms with Crippen molar-refractivity contribution in [3.63, 3.8) is 0 Å². The van der Waals surface area contributed by atoms with Gasteiger partial charge in [-0.2, -0.15) is 0 Å². The summed E-state index contributed by atoms with van der Waals surface area (Å²) in [6.07, 6.45) is 3.76. The summed E-state index contributed by atoms with van der Waals surface area (Å²) in [4.78, 5) is 2.20. The molecular formula is C12H22N4O. The van der Waals surface area contributed by atoms with E-state index in [1.807, 2.05) is 0 Å². The number of nitrogens with zero attached hydrogens (tertiary/aromatic N) is 3. The quantitative estimate of drug-likeness (QED) is 0.847. The van der Waals surface area contributed by atoms with Gasteiger partial charge in [0.2, 0.25) is 5.89 Å². The first-order valence-corrected chi connectivity index (χ1v) is 6.61. The summed E-state index contributed by atoms with van der Waals surface area (Å²) in [7, 11) is 0. The maximum atomic E-state index is 5.64. The fourth-order valence-electron chi connectivity index (χ4n) is 2.21. The first-order chi connectivity index (χ1) is 8.33. The van der Waals surface area contributed by atoms with Crippen molar-refractivity contribution < 1.29 is 4.42 Å². The standard InChI is InChI=1S/C12H22N4O/c1-3-10-5-7-16(8-6-10)12-15-14-11(17-12)9-13-4-2/h10,13H,3-9H2,1-2H3. The summed E-state index contributed by atoms with van der Waals surface area (Å²) in [5.41, 5.74) is 0. The predicted molar refractivity (Wildman–Crippen MR) is 66.9 cm³/mol. The number of aromatic nitrogens is 2. The van der Waals surface area contributed by atoms with E-state index in [4.69, 9.17) is 4.42 Å². The number of piperidine rings is 1. The molecule has 2 rings (SSSR count). The Morgan fingerprint density at radius 2 is 2.06 bits per heavy atom. The molecule has 0 unspecified atom stereocenters. The Bertz CT molecular complexity index is 331. The third kappa shape index (κ3) is 3.19. The van der Waals surface area contributed by atoms with E-state index in [1.54, 1.807) is 0 Å². The molecule has 1 aliphatic rings. The van der Waals surface area contributed by atoms with Crippen LogP contribution in [0.3, 0.4) is 0 Å². The second kappa shape index (κ2) is 6.00. The smallest absolute Gasteiger partial charge is 0.318 e. The largest absolute Gasteiger partial charge is 0.407 e. The number of hydrogen-bond acceptors (Lipinski definition) is 5. The lowest BCUT2D eigenvalue weighted by Gasteiger charge is -2.29. The van der Waals surface area contributed by atoms with Crippen LogP contribution in [0.5, 0.6) is 0 Å². The highest BCUT2D eigenvalue weighted by atomic mass is 16.4. The first kappa shape index (κ1) is 12.4. The number of nitrogens with one attached hydrogen (secondary N) is 1. The topological polar surface area (TPSA) is 54.2 Å². The molecule has 0 aromatic carbocycles. The lowest BCUT2D eigenvalue weighted by molar-refractivity contribution is 0.373. The predicted octanol–water partition coefficient (Wildman–Crippen LogP) is 1.81. The number of hydrogen-bond donors (Lipinski definition) is 1. The molecular weight excluding hydrogens is 216 g/mol. The van der Waals surface area contributed by atoms with Crippen LogP contribution < -0.4 is 10.2 Å². The van der Waals surface area contributed by atoms with Crippen molar-refractivity contribution in [3.8, 4) is 0 Å². The normalized spacial score (nSPS) is 17.6. The molecule has 1 saturated heterocycles. The van der Waals surface area contributed by atoms with Crippen molar-refractivity contribution in [1.82, 2.24) is 15.5 Å². The Morgan fingerprint density at radius 3 is 2.71 bits per heavy atom. The molecule has 5 heteroatoms. The molecule has 0 amide bonds. The van der Waals surface area contributed by atoms with Gasteiger partial charge in [-0.25, -0.2) is 0 Å². The van der Waals surface area contributed by atoms with E-state index in [0.717, 1.165) is 25.6 Å². The Labute approximate surface area is 103 Å². The maximum Gasteiger partial charge on any atom is 0.318 e. The number of anilines is 1. The van der Waals surface area contributed by atoms with Gasteiger partial charge in [0.25, 0.3) is 0 Å². The van der Waals surface area contributed by atoms with E-state index in [9.17, 15) is 0 Å². The highest BCUT2D eigenvalue weighted by Gasteiger charge is 2.21. The van der Waals surface area contributed by atoms with Crippen molar-refractivity contribution in [3.05, 3.63) is 5.89 Å². The van der Waals surface area contributed by atoms with Crippen LogP contribution in [-0.4, -0.2) is 29.8 Å². The van der Waals surface area contributed by atoms with Crippen LogP contribution in [0.25, 0.3) is 0 Å². The zero-order chi connectivity index (χ0) is 12.1. The molecule has 96 valence electrons. The highest BCUT2D eigenvalue weighted by molar-refractivity contribution is 5.24. The molecule has 0 saturated carbocycles. The van der Waals surface area contributed by atoms with Crippen molar-refractivity contribution in [2.45, 2.75) is 39.7 Å². The van der Waals surface area contributed by atoms with Crippen LogP contribution in [0.15, 0.2) is 4.42 Å². The molecule has 0 bridgehead atoms. The van der Waals surface area contributed by atoms with Crippen LogP contribution in [0, 0.1) is 5.92 Å². The Kier molecular flexibility index (Phi) is 4.36. The molecule has 1 aliphatic heterocycles. The summed E-state index contributed by atoms with van der Waals surface area (Å²) >= 11 is 0. The molecule has 5 nitrogen and oxygen atoms in total. The SMILES string of the molecule is CCNCc1nnc(N2CCC(CC)CC2)o1. The van der Waals surface area contributed by atoms with Crippen LogP contribution in [0.2, 0.25) is 0 Å². The van der Waals surface area contributed by atoms with Gasteiger partial charge in [-0.3, -0.25) is 0 Å². The van der Waals surface area contributed by atoms with E-state index >= 15 is 0 Å². The molecule has 0 aliphatic carbocycles. The van der Waals surface area contributed by atoms with Gasteiger partial charge in [-0.05, 0) is 25.3 Å². The molecule has 2 heterocycles. The van der Waals surface area contributed by atoms with Crippen LogP contribution in [0.1, 0.15) is 39.0 Å². The van der Waals surface area contributed by atoms with Gasteiger partial charge in [-0.15, -0.1) is 5.10 Å². The lowest BCUT2D eigenvalue weighted by atomic mass is 9.95. The zero-order valence-corrected chi connectivity index (χ0v) is 10.8. The van der Waals surface area contributed by atoms with Gasteiger partial charge in [0.05, 0.1) is 6.54 Å². The average molecular weight is 238 g/mol. The van der Waals surface area contributed by atoms with Crippen molar-refractivity contribution >= 4 is 6.01 Å². The molecule has 1 aromatic rings. The van der Waals surface area contributed by atoms with Gasteiger partial charge in [0, 0.05) is 13.1 Å². The third-order valence-electron chi connectivity index (χ3n) is 3.44. The highest BCUT2D eigenvalue weighted by Crippen LogP contribution is 2.23. The summed E-state index contributed by atoms with van der Waals surface area (Å²) in [6, 6.07) is 0.687. The molecule has 1 N–H and O–H groups in total. The molecule has 0 spiro atoms. The molecule has 0 atom stereocenters. The minimum atomic E-state index is 0.662. The van der Waals surface area contributed by atoms with Gasteiger partial charge < -0.3 is 14.6 Å². The Balaban J connectivity index is 1.87. The van der Waals surface area contributed by atoms with Gasteiger partial charge in [0.15, 0.2) is 0 Å². The minimum Gasteiger partial charge on any atom is -0.407 e. The molecule has 1 aromatic heterocycles. The first-order valence-electron chi connectivity index (χ1n) is 6.61. The van der Waals surface area contributed by atoms with Crippen LogP contribution in [0.4, 0.5) is 6.01 Å². The summed E-state index contributed by atoms with van der Waals surface area (Å²) in [5, 5.41) is 11.3. The van der Waals surface area contributed by atoms with Gasteiger partial charge in [-0.1, -0.05) is 25.4 Å². The summed E-state index contributed by atoms with van der Waals surface area (Å²) in [5.74, 6) is 1.55. The maximum absolute atomic E-state index is 5.64. The van der Waals surface area contributed by atoms with E-state index < -0.39 is 0 Å². The Morgan fingerprint density at radius 1 is 1.29 bits per heavy atom. The van der Waals surface area contributed by atoms with Crippen molar-refractivity contribution in [2.24, 2.45) is 5.92 Å². The number of rotatable bonds is 5. The zero-order valence-electron chi connectivity index (χ0n) is 10.8. The minimum absolute atomic E-state index is 0.662. The lowest BCUT2D eigenvalue weighted by Crippen LogP contribution is -2.33. The summed E-state index contributed by atoms with van der Waals surface area (Å²) < 4.78 is 5.64. The van der Waals surface area contributed by atoms with E-state index in [0.29, 0.717) is 18.5 Å². The second-order valence-electron chi connectivity index (χ2n) is 4.60. The third-order valence-corrected chi connectivity index (χ3v) is 3.44. The van der Waals surface area contributed by atoms with Crippen molar-refractivity contribution in [2.75, 3.05) is 24.5 Å². The average Bonchev–Trinajstić information content (AvgIpc) is 2.85. The second-order valence-corrected chi connectivity index (χ2v) is 4.60. The molecule has 1 fully saturated rings. The van der Waals surface area contributed by atoms with E-state index in [2.05, 4.69) is 34.3 Å². The summed E-state index contributed by atoms with van der Waals surface area (Å²) in [6.45, 7) is 7.99. The van der Waals surface area contributed by atoms with Gasteiger partial charge >= 0.3 is 6.01 Å².